The second-order valence-corrected chi connectivity index (χ2v) is 12.5. The number of hydrogen-bond acceptors (Lipinski definition) is 9. The van der Waals surface area contributed by atoms with Crippen molar-refractivity contribution in [3.8, 4) is 0 Å². The maximum atomic E-state index is 13.4. The number of rotatable bonds is 8. The number of anilines is 2. The van der Waals surface area contributed by atoms with Gasteiger partial charge in [-0.3, -0.25) is 14.2 Å². The van der Waals surface area contributed by atoms with Crippen LogP contribution in [0.25, 0.3) is 11.0 Å². The second-order valence-electron chi connectivity index (χ2n) is 10.3. The minimum Gasteiger partial charge on any atom is -0.309 e. The molecule has 1 aliphatic carbocycles. The van der Waals surface area contributed by atoms with Crippen LogP contribution in [0, 0.1) is 6.92 Å². The highest BCUT2D eigenvalue weighted by atomic mass is 32.2. The maximum absolute atomic E-state index is 13.4. The van der Waals surface area contributed by atoms with Gasteiger partial charge in [-0.1, -0.05) is 18.9 Å². The van der Waals surface area contributed by atoms with Crippen molar-refractivity contribution in [2.45, 2.75) is 51.5 Å². The zero-order valence-corrected chi connectivity index (χ0v) is 22.2. The van der Waals surface area contributed by atoms with E-state index in [-0.39, 0.29) is 28.7 Å². The molecule has 2 fully saturated rings. The SMILES string of the molecule is CC(=O)c1c(C)c2cnc(Nc3ccc(C4CN(CCS(C)(=O)=O)C4)cn3)nc2n(C2CCCC2)c1=O. The summed E-state index contributed by atoms with van der Waals surface area (Å²) in [7, 11) is -2.95. The molecule has 0 bridgehead atoms. The van der Waals surface area contributed by atoms with E-state index in [1.54, 1.807) is 17.7 Å². The highest BCUT2D eigenvalue weighted by molar-refractivity contribution is 7.90. The smallest absolute Gasteiger partial charge is 0.263 e. The van der Waals surface area contributed by atoms with Crippen molar-refractivity contribution in [1.82, 2.24) is 24.4 Å². The van der Waals surface area contributed by atoms with E-state index in [1.165, 1.54) is 13.2 Å². The molecule has 0 radical (unpaired) electrons. The topological polar surface area (TPSA) is 127 Å². The molecule has 0 atom stereocenters. The number of nitrogens with one attached hydrogen (secondary N) is 1. The molecule has 1 N–H and O–H groups in total. The van der Waals surface area contributed by atoms with Crippen LogP contribution in [0.1, 0.15) is 66.1 Å². The van der Waals surface area contributed by atoms with Crippen molar-refractivity contribution in [2.75, 3.05) is 37.0 Å². The van der Waals surface area contributed by atoms with Crippen molar-refractivity contribution in [2.24, 2.45) is 0 Å². The standard InChI is InChI=1S/C26H32N6O4S/c1-16-21-13-28-26(30-24(21)32(20-6-4-5-7-20)25(34)23(16)17(2)33)29-22-9-8-18(12-27-22)19-14-31(15-19)10-11-37(3,35)36/h8-9,12-13,19-20H,4-7,10-11,14-15H2,1-3H3,(H,27,28,29,30). The van der Waals surface area contributed by atoms with Crippen molar-refractivity contribution < 1.29 is 13.2 Å². The first kappa shape index (κ1) is 25.5. The van der Waals surface area contributed by atoms with Gasteiger partial charge in [0, 0.05) is 55.6 Å². The summed E-state index contributed by atoms with van der Waals surface area (Å²) < 4.78 is 24.4. The Morgan fingerprint density at radius 2 is 1.86 bits per heavy atom. The predicted octanol–water partition coefficient (Wildman–Crippen LogP) is 3.00. The number of Topliss-reactive ketones (excluding diaryl/α,β-unsaturated/α-hetero) is 1. The van der Waals surface area contributed by atoms with Crippen molar-refractivity contribution in [3.63, 3.8) is 0 Å². The molecule has 37 heavy (non-hydrogen) atoms. The van der Waals surface area contributed by atoms with E-state index in [2.05, 4.69) is 20.2 Å². The third kappa shape index (κ3) is 5.28. The largest absolute Gasteiger partial charge is 0.309 e. The fourth-order valence-corrected chi connectivity index (χ4v) is 5.99. The summed E-state index contributed by atoms with van der Waals surface area (Å²) in [5, 5.41) is 3.85. The Balaban J connectivity index is 1.36. The summed E-state index contributed by atoms with van der Waals surface area (Å²) in [6.45, 7) is 5.40. The highest BCUT2D eigenvalue weighted by Crippen LogP contribution is 2.32. The number of carbonyl (C=O) groups excluding carboxylic acids is 1. The summed E-state index contributed by atoms with van der Waals surface area (Å²) >= 11 is 0. The Morgan fingerprint density at radius 3 is 2.49 bits per heavy atom. The van der Waals surface area contributed by atoms with Crippen LogP contribution in [0.5, 0.6) is 0 Å². The zero-order chi connectivity index (χ0) is 26.3. The number of hydrogen-bond donors (Lipinski definition) is 1. The van der Waals surface area contributed by atoms with Crippen LogP contribution in [-0.4, -0.2) is 70.3 Å². The minimum atomic E-state index is -2.95. The van der Waals surface area contributed by atoms with E-state index in [1.807, 2.05) is 18.3 Å². The number of pyridine rings is 2. The lowest BCUT2D eigenvalue weighted by atomic mass is 9.93. The van der Waals surface area contributed by atoms with Crippen molar-refractivity contribution in [1.29, 1.82) is 0 Å². The van der Waals surface area contributed by atoms with Gasteiger partial charge in [-0.2, -0.15) is 4.98 Å². The average Bonchev–Trinajstić information content (AvgIpc) is 3.32. The number of aromatic nitrogens is 4. The molecule has 3 aromatic heterocycles. The quantitative estimate of drug-likeness (QED) is 0.442. The average molecular weight is 525 g/mol. The molecular formula is C26H32N6O4S. The molecule has 5 rings (SSSR count). The summed E-state index contributed by atoms with van der Waals surface area (Å²) in [6.07, 6.45) is 8.62. The van der Waals surface area contributed by atoms with Crippen LogP contribution in [0.2, 0.25) is 0 Å². The number of sulfone groups is 1. The van der Waals surface area contributed by atoms with Gasteiger partial charge in [0.2, 0.25) is 5.95 Å². The molecular weight excluding hydrogens is 492 g/mol. The van der Waals surface area contributed by atoms with E-state index in [4.69, 9.17) is 4.98 Å². The molecule has 0 spiro atoms. The second kappa shape index (κ2) is 9.94. The van der Waals surface area contributed by atoms with Gasteiger partial charge in [0.1, 0.15) is 21.3 Å². The van der Waals surface area contributed by atoms with Gasteiger partial charge in [0.15, 0.2) is 5.78 Å². The Morgan fingerprint density at radius 1 is 1.14 bits per heavy atom. The summed E-state index contributed by atoms with van der Waals surface area (Å²) in [6, 6.07) is 3.90. The van der Waals surface area contributed by atoms with Crippen LogP contribution in [0.3, 0.4) is 0 Å². The van der Waals surface area contributed by atoms with E-state index in [9.17, 15) is 18.0 Å². The number of aryl methyl sites for hydroxylation is 1. The number of ketones is 1. The molecule has 1 saturated heterocycles. The van der Waals surface area contributed by atoms with E-state index >= 15 is 0 Å². The summed E-state index contributed by atoms with van der Waals surface area (Å²) in [5.41, 5.74) is 2.19. The molecule has 0 aromatic carbocycles. The lowest BCUT2D eigenvalue weighted by Gasteiger charge is -2.39. The molecule has 3 aromatic rings. The molecule has 1 aliphatic heterocycles. The summed E-state index contributed by atoms with van der Waals surface area (Å²) in [5.74, 6) is 1.19. The van der Waals surface area contributed by atoms with Crippen LogP contribution in [0.15, 0.2) is 29.3 Å². The molecule has 196 valence electrons. The van der Waals surface area contributed by atoms with E-state index < -0.39 is 9.84 Å². The fourth-order valence-electron chi connectivity index (χ4n) is 5.40. The first-order valence-electron chi connectivity index (χ1n) is 12.7. The van der Waals surface area contributed by atoms with Crippen molar-refractivity contribution in [3.05, 3.63) is 51.6 Å². The van der Waals surface area contributed by atoms with Crippen LogP contribution < -0.4 is 10.9 Å². The highest BCUT2D eigenvalue weighted by Gasteiger charge is 2.29. The molecule has 11 heteroatoms. The van der Waals surface area contributed by atoms with Gasteiger partial charge in [-0.15, -0.1) is 0 Å². The van der Waals surface area contributed by atoms with Gasteiger partial charge >= 0.3 is 0 Å². The number of carbonyl (C=O) groups is 1. The monoisotopic (exact) mass is 524 g/mol. The number of fused-ring (bicyclic) bond motifs is 1. The molecule has 1 saturated carbocycles. The van der Waals surface area contributed by atoms with Gasteiger partial charge in [0.05, 0.1) is 11.3 Å². The first-order valence-corrected chi connectivity index (χ1v) is 14.7. The lowest BCUT2D eigenvalue weighted by molar-refractivity contribution is 0.101. The lowest BCUT2D eigenvalue weighted by Crippen LogP contribution is -2.46. The Bertz CT molecular complexity index is 1500. The van der Waals surface area contributed by atoms with Gasteiger partial charge in [-0.05, 0) is 43.9 Å². The first-order chi connectivity index (χ1) is 17.6. The molecule has 0 unspecified atom stereocenters. The van der Waals surface area contributed by atoms with Crippen LogP contribution in [0.4, 0.5) is 11.8 Å². The van der Waals surface area contributed by atoms with Gasteiger partial charge < -0.3 is 10.2 Å². The van der Waals surface area contributed by atoms with Gasteiger partial charge in [-0.25, -0.2) is 18.4 Å². The maximum Gasteiger partial charge on any atom is 0.263 e. The zero-order valence-electron chi connectivity index (χ0n) is 21.4. The van der Waals surface area contributed by atoms with Gasteiger partial charge in [0.25, 0.3) is 5.56 Å². The van der Waals surface area contributed by atoms with Crippen LogP contribution in [-0.2, 0) is 9.84 Å². The van der Waals surface area contributed by atoms with E-state index in [0.29, 0.717) is 40.8 Å². The molecule has 4 heterocycles. The Labute approximate surface area is 216 Å². The molecule has 0 amide bonds. The number of nitrogens with zero attached hydrogens (tertiary/aromatic N) is 5. The molecule has 2 aliphatic rings. The predicted molar refractivity (Wildman–Crippen MR) is 142 cm³/mol. The third-order valence-corrected chi connectivity index (χ3v) is 8.41. The van der Waals surface area contributed by atoms with Crippen LogP contribution >= 0.6 is 0 Å². The fraction of sp³-hybridized carbons (Fsp3) is 0.500. The summed E-state index contributed by atoms with van der Waals surface area (Å²) in [4.78, 5) is 41.5. The minimum absolute atomic E-state index is 0.0216. The third-order valence-electron chi connectivity index (χ3n) is 7.48. The Kier molecular flexibility index (Phi) is 6.84. The van der Waals surface area contributed by atoms with E-state index in [0.717, 1.165) is 44.3 Å². The molecule has 10 nitrogen and oxygen atoms in total. The van der Waals surface area contributed by atoms with Crippen molar-refractivity contribution >= 4 is 38.4 Å². The Hall–Kier alpha value is -3.18. The number of likely N-dealkylation sites (tertiary alicyclic amines) is 1. The normalized spacial score (nSPS) is 17.3.